The first-order chi connectivity index (χ1) is 9.56. The molecule has 2 aromatic rings. The number of halogens is 2. The predicted molar refractivity (Wildman–Crippen MR) is 82.3 cm³/mol. The van der Waals surface area contributed by atoms with Crippen LogP contribution in [0.25, 0.3) is 6.08 Å². The van der Waals surface area contributed by atoms with Gasteiger partial charge in [-0.3, -0.25) is 0 Å². The summed E-state index contributed by atoms with van der Waals surface area (Å²) in [7, 11) is 0. The van der Waals surface area contributed by atoms with E-state index in [-0.39, 0.29) is 5.75 Å². The standard InChI is InChI=1S/C15H10FIO3/c16-13-3-1-2-10(4-9-14(18)19)15(13)20-12-7-5-11(17)6-8-12/h1-9H,(H,18,19)/b9-4+. The third-order valence-corrected chi connectivity index (χ3v) is 3.16. The first kappa shape index (κ1) is 14.5. The van der Waals surface area contributed by atoms with E-state index >= 15 is 0 Å². The van der Waals surface area contributed by atoms with Gasteiger partial charge in [-0.1, -0.05) is 12.1 Å². The van der Waals surface area contributed by atoms with Crippen LogP contribution in [0.4, 0.5) is 4.39 Å². The number of ether oxygens (including phenoxy) is 1. The highest BCUT2D eigenvalue weighted by Gasteiger charge is 2.09. The van der Waals surface area contributed by atoms with Crippen molar-refractivity contribution in [1.82, 2.24) is 0 Å². The highest BCUT2D eigenvalue weighted by Crippen LogP contribution is 2.29. The van der Waals surface area contributed by atoms with Crippen LogP contribution in [0.15, 0.2) is 48.5 Å². The second-order valence-corrected chi connectivity index (χ2v) is 5.13. The Morgan fingerprint density at radius 2 is 1.90 bits per heavy atom. The lowest BCUT2D eigenvalue weighted by Crippen LogP contribution is -1.93. The highest BCUT2D eigenvalue weighted by molar-refractivity contribution is 14.1. The van der Waals surface area contributed by atoms with Gasteiger partial charge in [-0.2, -0.15) is 0 Å². The summed E-state index contributed by atoms with van der Waals surface area (Å²) in [5.74, 6) is -1.16. The topological polar surface area (TPSA) is 46.5 Å². The number of hydrogen-bond acceptors (Lipinski definition) is 2. The van der Waals surface area contributed by atoms with Gasteiger partial charge in [0.05, 0.1) is 0 Å². The number of rotatable bonds is 4. The van der Waals surface area contributed by atoms with Gasteiger partial charge >= 0.3 is 5.97 Å². The van der Waals surface area contributed by atoms with E-state index in [2.05, 4.69) is 22.6 Å². The maximum atomic E-state index is 13.8. The number of carboxylic acids is 1. The zero-order valence-corrected chi connectivity index (χ0v) is 12.4. The van der Waals surface area contributed by atoms with Gasteiger partial charge in [0.25, 0.3) is 0 Å². The first-order valence-electron chi connectivity index (χ1n) is 5.69. The Labute approximate surface area is 128 Å². The molecule has 0 aliphatic heterocycles. The maximum Gasteiger partial charge on any atom is 0.328 e. The van der Waals surface area contributed by atoms with Crippen LogP contribution >= 0.6 is 22.6 Å². The zero-order chi connectivity index (χ0) is 14.5. The van der Waals surface area contributed by atoms with Gasteiger partial charge in [0.15, 0.2) is 11.6 Å². The normalized spacial score (nSPS) is 10.7. The van der Waals surface area contributed by atoms with Gasteiger partial charge in [-0.25, -0.2) is 9.18 Å². The zero-order valence-electron chi connectivity index (χ0n) is 10.2. The predicted octanol–water partition coefficient (Wildman–Crippen LogP) is 4.32. The van der Waals surface area contributed by atoms with Crippen molar-refractivity contribution in [2.75, 3.05) is 0 Å². The number of benzene rings is 2. The van der Waals surface area contributed by atoms with Crippen LogP contribution in [0, 0.1) is 9.39 Å². The molecule has 0 bridgehead atoms. The Kier molecular flexibility index (Phi) is 4.73. The molecule has 2 aromatic carbocycles. The average molecular weight is 384 g/mol. The van der Waals surface area contributed by atoms with Crippen LogP contribution in [-0.4, -0.2) is 11.1 Å². The van der Waals surface area contributed by atoms with E-state index < -0.39 is 11.8 Å². The van der Waals surface area contributed by atoms with Crippen LogP contribution in [0.3, 0.4) is 0 Å². The molecule has 0 unspecified atom stereocenters. The van der Waals surface area contributed by atoms with Crippen LogP contribution in [0.1, 0.15) is 5.56 Å². The van der Waals surface area contributed by atoms with Crippen molar-refractivity contribution >= 4 is 34.6 Å². The fourth-order valence-electron chi connectivity index (χ4n) is 1.55. The van der Waals surface area contributed by atoms with E-state index in [1.807, 2.05) is 12.1 Å². The van der Waals surface area contributed by atoms with Crippen LogP contribution in [0.5, 0.6) is 11.5 Å². The van der Waals surface area contributed by atoms with Crippen molar-refractivity contribution in [1.29, 1.82) is 0 Å². The molecule has 0 amide bonds. The quantitative estimate of drug-likeness (QED) is 0.631. The molecule has 0 aliphatic rings. The SMILES string of the molecule is O=C(O)/C=C/c1cccc(F)c1Oc1ccc(I)cc1. The smallest absolute Gasteiger partial charge is 0.328 e. The second kappa shape index (κ2) is 6.51. The molecule has 0 saturated heterocycles. The van der Waals surface area contributed by atoms with Crippen molar-refractivity contribution in [2.45, 2.75) is 0 Å². The summed E-state index contributed by atoms with van der Waals surface area (Å²) in [6.45, 7) is 0. The molecule has 0 atom stereocenters. The second-order valence-electron chi connectivity index (χ2n) is 3.89. The monoisotopic (exact) mass is 384 g/mol. The lowest BCUT2D eigenvalue weighted by atomic mass is 10.1. The summed E-state index contributed by atoms with van der Waals surface area (Å²) < 4.78 is 20.4. The molecule has 20 heavy (non-hydrogen) atoms. The molecule has 0 aliphatic carbocycles. The fourth-order valence-corrected chi connectivity index (χ4v) is 1.91. The highest BCUT2D eigenvalue weighted by atomic mass is 127. The largest absolute Gasteiger partial charge is 0.478 e. The maximum absolute atomic E-state index is 13.8. The molecule has 2 rings (SSSR count). The summed E-state index contributed by atoms with van der Waals surface area (Å²) in [6.07, 6.45) is 2.24. The fraction of sp³-hybridized carbons (Fsp3) is 0. The Balaban J connectivity index is 2.34. The van der Waals surface area contributed by atoms with Gasteiger partial charge in [0.2, 0.25) is 0 Å². The summed E-state index contributed by atoms with van der Waals surface area (Å²) in [5.41, 5.74) is 0.367. The summed E-state index contributed by atoms with van der Waals surface area (Å²) in [5, 5.41) is 8.63. The van der Waals surface area contributed by atoms with E-state index in [9.17, 15) is 9.18 Å². The molecule has 0 saturated carbocycles. The van der Waals surface area contributed by atoms with Gasteiger partial charge in [0, 0.05) is 15.2 Å². The van der Waals surface area contributed by atoms with Crippen molar-refractivity contribution in [3.8, 4) is 11.5 Å². The van der Waals surface area contributed by atoms with E-state index in [0.29, 0.717) is 11.3 Å². The molecule has 3 nitrogen and oxygen atoms in total. The number of hydrogen-bond donors (Lipinski definition) is 1. The van der Waals surface area contributed by atoms with E-state index in [0.717, 1.165) is 9.65 Å². The molecule has 0 spiro atoms. The van der Waals surface area contributed by atoms with Crippen molar-refractivity contribution < 1.29 is 19.0 Å². The average Bonchev–Trinajstić information content (AvgIpc) is 2.41. The van der Waals surface area contributed by atoms with Gasteiger partial charge in [-0.15, -0.1) is 0 Å². The molecule has 5 heteroatoms. The van der Waals surface area contributed by atoms with E-state index in [4.69, 9.17) is 9.84 Å². The van der Waals surface area contributed by atoms with Gasteiger partial charge < -0.3 is 9.84 Å². The number of carboxylic acid groups (broad SMARTS) is 1. The lowest BCUT2D eigenvalue weighted by molar-refractivity contribution is -0.131. The van der Waals surface area contributed by atoms with Crippen molar-refractivity contribution in [2.24, 2.45) is 0 Å². The molecule has 102 valence electrons. The van der Waals surface area contributed by atoms with Gasteiger partial charge in [0.1, 0.15) is 5.75 Å². The molecule has 0 radical (unpaired) electrons. The van der Waals surface area contributed by atoms with Gasteiger partial charge in [-0.05, 0) is 59.0 Å². The third kappa shape index (κ3) is 3.80. The first-order valence-corrected chi connectivity index (χ1v) is 6.77. The molecule has 1 N–H and O–H groups in total. The van der Waals surface area contributed by atoms with Crippen LogP contribution < -0.4 is 4.74 Å². The minimum Gasteiger partial charge on any atom is -0.478 e. The Hall–Kier alpha value is -1.89. The minimum absolute atomic E-state index is 0.00575. The summed E-state index contributed by atoms with van der Waals surface area (Å²) >= 11 is 2.16. The lowest BCUT2D eigenvalue weighted by Gasteiger charge is -2.09. The minimum atomic E-state index is -1.10. The molecular weight excluding hydrogens is 374 g/mol. The third-order valence-electron chi connectivity index (χ3n) is 2.44. The van der Waals surface area contributed by atoms with Crippen molar-refractivity contribution in [3.63, 3.8) is 0 Å². The molecule has 0 fully saturated rings. The van der Waals surface area contributed by atoms with Crippen LogP contribution in [0.2, 0.25) is 0 Å². The Morgan fingerprint density at radius 3 is 2.55 bits per heavy atom. The number of para-hydroxylation sites is 1. The summed E-state index contributed by atoms with van der Waals surface area (Å²) in [4.78, 5) is 10.5. The van der Waals surface area contributed by atoms with Crippen LogP contribution in [-0.2, 0) is 4.79 Å². The number of carbonyl (C=O) groups is 1. The number of aliphatic carboxylic acids is 1. The van der Waals surface area contributed by atoms with E-state index in [1.165, 1.54) is 18.2 Å². The van der Waals surface area contributed by atoms with Crippen molar-refractivity contribution in [3.05, 3.63) is 63.5 Å². The summed E-state index contributed by atoms with van der Waals surface area (Å²) in [6, 6.07) is 11.5. The Morgan fingerprint density at radius 1 is 1.20 bits per heavy atom. The molecule has 0 heterocycles. The molecular formula is C15H10FIO3. The molecule has 0 aromatic heterocycles. The van der Waals surface area contributed by atoms with E-state index in [1.54, 1.807) is 18.2 Å². The Bertz CT molecular complexity index is 651.